The topological polar surface area (TPSA) is 68.3 Å². The molecule has 0 atom stereocenters. The summed E-state index contributed by atoms with van der Waals surface area (Å²) in [6.07, 6.45) is 2.57. The highest BCUT2D eigenvalue weighted by Gasteiger charge is 2.06. The first-order chi connectivity index (χ1) is 13.6. The van der Waals surface area contributed by atoms with Crippen LogP contribution in [0.3, 0.4) is 0 Å². The molecular formula is C22H26N4O2. The summed E-state index contributed by atoms with van der Waals surface area (Å²) in [7, 11) is 3.28. The van der Waals surface area contributed by atoms with Crippen LogP contribution in [0.4, 0.5) is 17.5 Å². The normalized spacial score (nSPS) is 10.4. The summed E-state index contributed by atoms with van der Waals surface area (Å²) in [6, 6.07) is 14.0. The van der Waals surface area contributed by atoms with Gasteiger partial charge in [-0.3, -0.25) is 0 Å². The van der Waals surface area contributed by atoms with E-state index in [0.29, 0.717) is 12.5 Å². The average molecular weight is 378 g/mol. The second kappa shape index (κ2) is 9.08. The average Bonchev–Trinajstić information content (AvgIpc) is 2.71. The molecule has 2 aromatic carbocycles. The van der Waals surface area contributed by atoms with E-state index < -0.39 is 0 Å². The maximum absolute atomic E-state index is 5.35. The van der Waals surface area contributed by atoms with Crippen LogP contribution in [0.5, 0.6) is 11.5 Å². The first-order valence-corrected chi connectivity index (χ1v) is 9.21. The fourth-order valence-corrected chi connectivity index (χ4v) is 3.01. The van der Waals surface area contributed by atoms with Gasteiger partial charge in [0.1, 0.15) is 5.82 Å². The van der Waals surface area contributed by atoms with Crippen LogP contribution in [0.15, 0.2) is 48.7 Å². The van der Waals surface area contributed by atoms with Gasteiger partial charge in [-0.05, 0) is 55.2 Å². The fourth-order valence-electron chi connectivity index (χ4n) is 3.01. The van der Waals surface area contributed by atoms with Crippen molar-refractivity contribution in [1.29, 1.82) is 0 Å². The molecule has 0 amide bonds. The zero-order chi connectivity index (χ0) is 19.9. The number of hydrogen-bond acceptors (Lipinski definition) is 6. The zero-order valence-corrected chi connectivity index (χ0v) is 16.7. The van der Waals surface area contributed by atoms with Gasteiger partial charge in [0.25, 0.3) is 0 Å². The van der Waals surface area contributed by atoms with E-state index in [1.165, 1.54) is 11.1 Å². The van der Waals surface area contributed by atoms with Crippen molar-refractivity contribution in [3.05, 3.63) is 65.4 Å². The number of benzene rings is 2. The standard InChI is InChI=1S/C22H26N4O2/c1-15-6-5-7-16(2)21(15)25-20-11-13-24-22(26-20)23-12-10-17-8-9-18(27-3)19(14-17)28-4/h5-9,11,13-14H,10,12H2,1-4H3,(H2,23,24,25,26). The summed E-state index contributed by atoms with van der Waals surface area (Å²) < 4.78 is 10.6. The molecule has 1 aromatic heterocycles. The molecule has 2 N–H and O–H groups in total. The van der Waals surface area contributed by atoms with Crippen molar-refractivity contribution >= 4 is 17.5 Å². The first kappa shape index (κ1) is 19.5. The van der Waals surface area contributed by atoms with Gasteiger partial charge in [-0.25, -0.2) is 4.98 Å². The molecule has 1 heterocycles. The molecule has 0 aliphatic rings. The molecule has 0 bridgehead atoms. The number of aromatic nitrogens is 2. The Balaban J connectivity index is 1.62. The van der Waals surface area contributed by atoms with E-state index in [4.69, 9.17) is 9.47 Å². The molecule has 0 aliphatic carbocycles. The van der Waals surface area contributed by atoms with Crippen LogP contribution < -0.4 is 20.1 Å². The highest BCUT2D eigenvalue weighted by Crippen LogP contribution is 2.27. The van der Waals surface area contributed by atoms with E-state index in [1.807, 2.05) is 24.3 Å². The number of para-hydroxylation sites is 1. The smallest absolute Gasteiger partial charge is 0.224 e. The lowest BCUT2D eigenvalue weighted by molar-refractivity contribution is 0.354. The highest BCUT2D eigenvalue weighted by atomic mass is 16.5. The van der Waals surface area contributed by atoms with Gasteiger partial charge >= 0.3 is 0 Å². The van der Waals surface area contributed by atoms with E-state index in [-0.39, 0.29) is 0 Å². The third-order valence-corrected chi connectivity index (χ3v) is 4.53. The van der Waals surface area contributed by atoms with Crippen LogP contribution in [0, 0.1) is 13.8 Å². The molecule has 0 radical (unpaired) electrons. The number of hydrogen-bond donors (Lipinski definition) is 2. The Morgan fingerprint density at radius 3 is 2.39 bits per heavy atom. The summed E-state index contributed by atoms with van der Waals surface area (Å²) in [5.74, 6) is 2.82. The van der Waals surface area contributed by atoms with Crippen molar-refractivity contribution in [1.82, 2.24) is 9.97 Å². The van der Waals surface area contributed by atoms with Crippen LogP contribution >= 0.6 is 0 Å². The van der Waals surface area contributed by atoms with Gasteiger partial charge in [0, 0.05) is 18.4 Å². The number of nitrogens with zero attached hydrogens (tertiary/aromatic N) is 2. The minimum absolute atomic E-state index is 0.594. The van der Waals surface area contributed by atoms with Crippen LogP contribution in [0.25, 0.3) is 0 Å². The lowest BCUT2D eigenvalue weighted by Crippen LogP contribution is -2.09. The molecule has 0 saturated heterocycles. The molecule has 0 fully saturated rings. The Morgan fingerprint density at radius 1 is 0.929 bits per heavy atom. The van der Waals surface area contributed by atoms with E-state index in [2.05, 4.69) is 52.6 Å². The second-order valence-electron chi connectivity index (χ2n) is 6.52. The lowest BCUT2D eigenvalue weighted by Gasteiger charge is -2.13. The summed E-state index contributed by atoms with van der Waals surface area (Å²) in [6.45, 7) is 4.87. The Morgan fingerprint density at radius 2 is 1.68 bits per heavy atom. The van der Waals surface area contributed by atoms with E-state index in [0.717, 1.165) is 35.0 Å². The summed E-state index contributed by atoms with van der Waals surface area (Å²) in [5.41, 5.74) is 4.59. The molecule has 6 heteroatoms. The van der Waals surface area contributed by atoms with Crippen molar-refractivity contribution in [2.75, 3.05) is 31.4 Å². The van der Waals surface area contributed by atoms with Gasteiger partial charge in [0.05, 0.1) is 14.2 Å². The Hall–Kier alpha value is -3.28. The van der Waals surface area contributed by atoms with Crippen LogP contribution in [0.1, 0.15) is 16.7 Å². The molecular weight excluding hydrogens is 352 g/mol. The summed E-state index contributed by atoms with van der Waals surface area (Å²) in [5, 5.41) is 6.68. The maximum Gasteiger partial charge on any atom is 0.224 e. The Bertz CT molecular complexity index is 923. The molecule has 0 saturated carbocycles. The number of rotatable bonds is 8. The maximum atomic E-state index is 5.35. The van der Waals surface area contributed by atoms with Gasteiger partial charge < -0.3 is 20.1 Å². The van der Waals surface area contributed by atoms with Crippen LogP contribution in [-0.4, -0.2) is 30.7 Å². The monoisotopic (exact) mass is 378 g/mol. The predicted molar refractivity (Wildman–Crippen MR) is 113 cm³/mol. The molecule has 0 unspecified atom stereocenters. The minimum Gasteiger partial charge on any atom is -0.493 e. The van der Waals surface area contributed by atoms with Crippen LogP contribution in [-0.2, 0) is 6.42 Å². The fraction of sp³-hybridized carbons (Fsp3) is 0.273. The third kappa shape index (κ3) is 4.71. The number of ether oxygens (including phenoxy) is 2. The van der Waals surface area contributed by atoms with Crippen molar-refractivity contribution in [3.63, 3.8) is 0 Å². The molecule has 3 rings (SSSR count). The SMILES string of the molecule is COc1ccc(CCNc2nccc(Nc3c(C)cccc3C)n2)cc1OC. The van der Waals surface area contributed by atoms with Crippen molar-refractivity contribution < 1.29 is 9.47 Å². The van der Waals surface area contributed by atoms with Gasteiger partial charge in [-0.1, -0.05) is 24.3 Å². The quantitative estimate of drug-likeness (QED) is 0.601. The molecule has 146 valence electrons. The van der Waals surface area contributed by atoms with Gasteiger partial charge in [0.15, 0.2) is 11.5 Å². The molecule has 3 aromatic rings. The lowest BCUT2D eigenvalue weighted by atomic mass is 10.1. The number of anilines is 3. The van der Waals surface area contributed by atoms with Gasteiger partial charge in [-0.2, -0.15) is 4.98 Å². The molecule has 0 aliphatic heterocycles. The molecule has 6 nitrogen and oxygen atoms in total. The van der Waals surface area contributed by atoms with E-state index >= 15 is 0 Å². The van der Waals surface area contributed by atoms with Crippen molar-refractivity contribution in [2.45, 2.75) is 20.3 Å². The number of aryl methyl sites for hydroxylation is 2. The van der Waals surface area contributed by atoms with Crippen LogP contribution in [0.2, 0.25) is 0 Å². The predicted octanol–water partition coefficient (Wildman–Crippen LogP) is 4.51. The zero-order valence-electron chi connectivity index (χ0n) is 16.7. The largest absolute Gasteiger partial charge is 0.493 e. The second-order valence-corrected chi connectivity index (χ2v) is 6.52. The van der Waals surface area contributed by atoms with Crippen molar-refractivity contribution in [3.8, 4) is 11.5 Å². The summed E-state index contributed by atoms with van der Waals surface area (Å²) >= 11 is 0. The van der Waals surface area contributed by atoms with E-state index in [9.17, 15) is 0 Å². The Kier molecular flexibility index (Phi) is 6.32. The highest BCUT2D eigenvalue weighted by molar-refractivity contribution is 5.64. The Labute approximate surface area is 166 Å². The van der Waals surface area contributed by atoms with Crippen molar-refractivity contribution in [2.24, 2.45) is 0 Å². The third-order valence-electron chi connectivity index (χ3n) is 4.53. The summed E-state index contributed by atoms with van der Waals surface area (Å²) in [4.78, 5) is 8.88. The van der Waals surface area contributed by atoms with E-state index in [1.54, 1.807) is 20.4 Å². The number of methoxy groups -OCH3 is 2. The van der Waals surface area contributed by atoms with Gasteiger partial charge in [0.2, 0.25) is 5.95 Å². The molecule has 0 spiro atoms. The minimum atomic E-state index is 0.594. The number of nitrogens with one attached hydrogen (secondary N) is 2. The first-order valence-electron chi connectivity index (χ1n) is 9.21. The molecule has 28 heavy (non-hydrogen) atoms. The van der Waals surface area contributed by atoms with Gasteiger partial charge in [-0.15, -0.1) is 0 Å².